The first-order valence-electron chi connectivity index (χ1n) is 11.1. The summed E-state index contributed by atoms with van der Waals surface area (Å²) in [6.07, 6.45) is 5.91. The van der Waals surface area contributed by atoms with Gasteiger partial charge >= 0.3 is 0 Å². The molecule has 1 N–H and O–H groups in total. The number of anilines is 1. The standard InChI is InChI=1S/C24H23N9O2/c1-2-18-8-10-21(11-9-18)35-17-32-15-20(14-25-32)26-24(34)22-12-13-31(28-22)16-33-29-23(27-30-33)19-6-4-3-5-7-19/h3-15H,2,16-17H2,1H3,(H,26,34). The SMILES string of the molecule is CCc1ccc(OCn2cc(NC(=O)c3ccn(Cn4nnc(-c5ccccc5)n4)n3)cn2)cc1. The Kier molecular flexibility index (Phi) is 6.29. The summed E-state index contributed by atoms with van der Waals surface area (Å²) >= 11 is 0. The van der Waals surface area contributed by atoms with Gasteiger partial charge in [0, 0.05) is 11.8 Å². The van der Waals surface area contributed by atoms with E-state index in [1.807, 2.05) is 54.6 Å². The maximum Gasteiger partial charge on any atom is 0.276 e. The Morgan fingerprint density at radius 2 is 1.83 bits per heavy atom. The first kappa shape index (κ1) is 22.0. The summed E-state index contributed by atoms with van der Waals surface area (Å²) in [5.41, 5.74) is 2.92. The summed E-state index contributed by atoms with van der Waals surface area (Å²) in [4.78, 5) is 14.0. The molecule has 1 amide bonds. The molecule has 11 heteroatoms. The van der Waals surface area contributed by atoms with Crippen molar-refractivity contribution >= 4 is 11.6 Å². The molecular weight excluding hydrogens is 446 g/mol. The highest BCUT2D eigenvalue weighted by Crippen LogP contribution is 2.14. The molecule has 0 fully saturated rings. The number of benzene rings is 2. The summed E-state index contributed by atoms with van der Waals surface area (Å²) in [6.45, 7) is 2.56. The van der Waals surface area contributed by atoms with E-state index in [0.29, 0.717) is 11.5 Å². The number of hydrogen-bond acceptors (Lipinski definition) is 7. The van der Waals surface area contributed by atoms with Gasteiger partial charge in [0.15, 0.2) is 19.1 Å². The third kappa shape index (κ3) is 5.41. The second-order valence-electron chi connectivity index (χ2n) is 7.73. The van der Waals surface area contributed by atoms with Crippen molar-refractivity contribution in [1.29, 1.82) is 0 Å². The van der Waals surface area contributed by atoms with Crippen LogP contribution >= 0.6 is 0 Å². The fourth-order valence-electron chi connectivity index (χ4n) is 3.35. The van der Waals surface area contributed by atoms with Crippen LogP contribution in [0, 0.1) is 0 Å². The second-order valence-corrected chi connectivity index (χ2v) is 7.73. The fourth-order valence-corrected chi connectivity index (χ4v) is 3.35. The number of aryl methyl sites for hydroxylation is 1. The highest BCUT2D eigenvalue weighted by molar-refractivity contribution is 6.02. The van der Waals surface area contributed by atoms with Crippen LogP contribution in [0.2, 0.25) is 0 Å². The molecule has 0 aliphatic carbocycles. The van der Waals surface area contributed by atoms with E-state index in [-0.39, 0.29) is 25.0 Å². The van der Waals surface area contributed by atoms with Crippen molar-refractivity contribution in [2.45, 2.75) is 26.7 Å². The van der Waals surface area contributed by atoms with Crippen molar-refractivity contribution in [3.63, 3.8) is 0 Å². The monoisotopic (exact) mass is 469 g/mol. The zero-order chi connectivity index (χ0) is 24.0. The average molecular weight is 470 g/mol. The van der Waals surface area contributed by atoms with Crippen molar-refractivity contribution in [2.24, 2.45) is 0 Å². The minimum absolute atomic E-state index is 0.224. The van der Waals surface area contributed by atoms with Crippen LogP contribution in [-0.2, 0) is 19.8 Å². The van der Waals surface area contributed by atoms with Crippen LogP contribution in [0.3, 0.4) is 0 Å². The lowest BCUT2D eigenvalue weighted by Gasteiger charge is -2.06. The largest absolute Gasteiger partial charge is 0.471 e. The molecule has 0 atom stereocenters. The fraction of sp³-hybridized carbons (Fsp3) is 0.167. The van der Waals surface area contributed by atoms with Crippen molar-refractivity contribution in [3.8, 4) is 17.1 Å². The van der Waals surface area contributed by atoms with E-state index < -0.39 is 0 Å². The van der Waals surface area contributed by atoms with Crippen LogP contribution in [0.1, 0.15) is 23.0 Å². The van der Waals surface area contributed by atoms with Gasteiger partial charge in [0.25, 0.3) is 5.91 Å². The quantitative estimate of drug-likeness (QED) is 0.352. The molecule has 0 saturated heterocycles. The van der Waals surface area contributed by atoms with Crippen LogP contribution in [0.4, 0.5) is 5.69 Å². The minimum atomic E-state index is -0.351. The predicted octanol–water partition coefficient (Wildman–Crippen LogP) is 3.09. The van der Waals surface area contributed by atoms with Crippen LogP contribution < -0.4 is 10.1 Å². The van der Waals surface area contributed by atoms with Gasteiger partial charge in [-0.1, -0.05) is 49.4 Å². The summed E-state index contributed by atoms with van der Waals surface area (Å²) in [5, 5.41) is 23.8. The van der Waals surface area contributed by atoms with Crippen LogP contribution in [0.25, 0.3) is 11.4 Å². The molecule has 0 aliphatic rings. The van der Waals surface area contributed by atoms with Crippen LogP contribution in [0.15, 0.2) is 79.3 Å². The number of rotatable bonds is 9. The molecule has 0 radical (unpaired) electrons. The number of carbonyl (C=O) groups is 1. The maximum absolute atomic E-state index is 12.6. The van der Waals surface area contributed by atoms with E-state index in [2.05, 4.69) is 37.8 Å². The van der Waals surface area contributed by atoms with Gasteiger partial charge in [-0.15, -0.1) is 15.0 Å². The van der Waals surface area contributed by atoms with Crippen molar-refractivity contribution in [3.05, 3.63) is 90.5 Å². The molecule has 176 valence electrons. The van der Waals surface area contributed by atoms with Gasteiger partial charge in [-0.25, -0.2) is 9.36 Å². The van der Waals surface area contributed by atoms with E-state index in [1.54, 1.807) is 34.0 Å². The van der Waals surface area contributed by atoms with E-state index in [9.17, 15) is 4.79 Å². The highest BCUT2D eigenvalue weighted by atomic mass is 16.5. The molecule has 3 heterocycles. The highest BCUT2D eigenvalue weighted by Gasteiger charge is 2.12. The molecule has 0 bridgehead atoms. The Bertz CT molecular complexity index is 1400. The number of aromatic nitrogens is 8. The maximum atomic E-state index is 12.6. The second kappa shape index (κ2) is 10.00. The van der Waals surface area contributed by atoms with Gasteiger partial charge in [0.2, 0.25) is 5.82 Å². The number of amides is 1. The predicted molar refractivity (Wildman–Crippen MR) is 128 cm³/mol. The number of nitrogens with one attached hydrogen (secondary N) is 1. The summed E-state index contributed by atoms with van der Waals surface area (Å²) in [7, 11) is 0. The third-order valence-corrected chi connectivity index (χ3v) is 5.22. The number of nitrogens with zero attached hydrogens (tertiary/aromatic N) is 8. The van der Waals surface area contributed by atoms with Crippen LogP contribution in [-0.4, -0.2) is 45.7 Å². The normalized spacial score (nSPS) is 10.9. The Morgan fingerprint density at radius 3 is 2.63 bits per heavy atom. The molecule has 2 aromatic carbocycles. The van der Waals surface area contributed by atoms with Gasteiger partial charge in [-0.2, -0.15) is 10.2 Å². The van der Waals surface area contributed by atoms with E-state index >= 15 is 0 Å². The molecule has 0 aliphatic heterocycles. The molecule has 5 rings (SSSR count). The molecule has 5 aromatic rings. The average Bonchev–Trinajstić information content (AvgIpc) is 3.66. The van der Waals surface area contributed by atoms with E-state index in [0.717, 1.165) is 17.7 Å². The van der Waals surface area contributed by atoms with E-state index in [1.165, 1.54) is 10.4 Å². The summed E-state index contributed by atoms with van der Waals surface area (Å²) in [5.74, 6) is 0.928. The molecule has 11 nitrogen and oxygen atoms in total. The Morgan fingerprint density at radius 1 is 1.00 bits per heavy atom. The molecule has 35 heavy (non-hydrogen) atoms. The first-order valence-corrected chi connectivity index (χ1v) is 11.1. The molecule has 0 saturated carbocycles. The zero-order valence-corrected chi connectivity index (χ0v) is 19.0. The zero-order valence-electron chi connectivity index (χ0n) is 19.0. The summed E-state index contributed by atoms with van der Waals surface area (Å²) in [6, 6.07) is 19.1. The van der Waals surface area contributed by atoms with Gasteiger partial charge in [-0.05, 0) is 35.4 Å². The number of hydrogen-bond donors (Lipinski definition) is 1. The molecule has 0 spiro atoms. The third-order valence-electron chi connectivity index (χ3n) is 5.22. The smallest absolute Gasteiger partial charge is 0.276 e. The number of carbonyl (C=O) groups excluding carboxylic acids is 1. The molecule has 3 aromatic heterocycles. The van der Waals surface area contributed by atoms with Gasteiger partial charge < -0.3 is 10.1 Å². The molecule has 0 unspecified atom stereocenters. The Balaban J connectivity index is 1.15. The van der Waals surface area contributed by atoms with Crippen LogP contribution in [0.5, 0.6) is 5.75 Å². The summed E-state index contributed by atoms with van der Waals surface area (Å²) < 4.78 is 8.90. The Hall–Kier alpha value is -4.80. The van der Waals surface area contributed by atoms with Gasteiger partial charge in [-0.3, -0.25) is 4.79 Å². The Labute approximate surface area is 201 Å². The number of ether oxygens (including phenoxy) is 1. The van der Waals surface area contributed by atoms with Crippen molar-refractivity contribution in [1.82, 2.24) is 39.8 Å². The topological polar surface area (TPSA) is 118 Å². The lowest BCUT2D eigenvalue weighted by molar-refractivity contribution is 0.102. The first-order chi connectivity index (χ1) is 17.2. The number of tetrazole rings is 1. The van der Waals surface area contributed by atoms with Crippen molar-refractivity contribution < 1.29 is 9.53 Å². The lowest BCUT2D eigenvalue weighted by atomic mass is 10.2. The lowest BCUT2D eigenvalue weighted by Crippen LogP contribution is -2.15. The molecular formula is C24H23N9O2. The van der Waals surface area contributed by atoms with Gasteiger partial charge in [0.05, 0.1) is 18.1 Å². The minimum Gasteiger partial charge on any atom is -0.471 e. The van der Waals surface area contributed by atoms with E-state index in [4.69, 9.17) is 4.74 Å². The van der Waals surface area contributed by atoms with Crippen molar-refractivity contribution in [2.75, 3.05) is 5.32 Å². The van der Waals surface area contributed by atoms with Gasteiger partial charge in [0.1, 0.15) is 5.75 Å².